The third kappa shape index (κ3) is 4.58. The maximum atomic E-state index is 13.0. The molecule has 0 saturated carbocycles. The molecular formula is C28H29N5O2. The van der Waals surface area contributed by atoms with Crippen LogP contribution in [0, 0.1) is 18.3 Å². The smallest absolute Gasteiger partial charge is 0.322 e. The molecule has 1 saturated heterocycles. The predicted octanol–water partition coefficient (Wildman–Crippen LogP) is 4.74. The van der Waals surface area contributed by atoms with Gasteiger partial charge in [-0.2, -0.15) is 5.26 Å². The number of benzene rings is 2. The van der Waals surface area contributed by atoms with Crippen LogP contribution in [0.15, 0.2) is 54.6 Å². The van der Waals surface area contributed by atoms with E-state index >= 15 is 0 Å². The molecule has 178 valence electrons. The van der Waals surface area contributed by atoms with E-state index in [1.165, 1.54) is 0 Å². The molecular weight excluding hydrogens is 438 g/mol. The molecule has 0 aliphatic carbocycles. The Bertz CT molecular complexity index is 1270. The topological polar surface area (TPSA) is 81.5 Å². The number of hydrogen-bond donors (Lipinski definition) is 1. The van der Waals surface area contributed by atoms with Gasteiger partial charge in [0.1, 0.15) is 11.9 Å². The molecule has 1 aromatic heterocycles. The number of aromatic nitrogens is 1. The van der Waals surface area contributed by atoms with Gasteiger partial charge in [0.05, 0.1) is 24.5 Å². The van der Waals surface area contributed by atoms with Crippen LogP contribution < -0.4 is 10.2 Å². The average molecular weight is 468 g/mol. The summed E-state index contributed by atoms with van der Waals surface area (Å²) in [6, 6.07) is 20.2. The van der Waals surface area contributed by atoms with Gasteiger partial charge in [-0.3, -0.25) is 0 Å². The number of fused-ring (bicyclic) bond motifs is 1. The van der Waals surface area contributed by atoms with Gasteiger partial charge in [0.25, 0.3) is 0 Å². The molecule has 0 spiro atoms. The van der Waals surface area contributed by atoms with Crippen molar-refractivity contribution in [2.75, 3.05) is 36.5 Å². The highest BCUT2D eigenvalue weighted by atomic mass is 16.5. The van der Waals surface area contributed by atoms with Gasteiger partial charge in [-0.1, -0.05) is 48.0 Å². The molecule has 7 heteroatoms. The minimum Gasteiger partial charge on any atom is -0.376 e. The van der Waals surface area contributed by atoms with Crippen molar-refractivity contribution in [1.82, 2.24) is 9.88 Å². The molecule has 35 heavy (non-hydrogen) atoms. The molecule has 5 rings (SSSR count). The van der Waals surface area contributed by atoms with Gasteiger partial charge in [-0.05, 0) is 38.0 Å². The lowest BCUT2D eigenvalue weighted by Crippen LogP contribution is -2.55. The Morgan fingerprint density at radius 2 is 1.89 bits per heavy atom. The number of carbonyl (C=O) groups excluding carboxylic acids is 1. The van der Waals surface area contributed by atoms with E-state index < -0.39 is 0 Å². The molecule has 2 aliphatic heterocycles. The van der Waals surface area contributed by atoms with Crippen LogP contribution in [-0.2, 0) is 17.8 Å². The lowest BCUT2D eigenvalue weighted by molar-refractivity contribution is 0.111. The highest BCUT2D eigenvalue weighted by Gasteiger charge is 2.32. The standard InChI is InChI=1S/C28H29N5O2/c1-19-8-10-22(11-9-19)30-28(34)33-14-13-32(17-20(33)2)27-24(16-29)23-12-15-35-18-25(23)26(31-27)21-6-4-3-5-7-21/h3-11,20H,12-15,17-18H2,1-2H3,(H,30,34)/t20-/m1/s1. The summed E-state index contributed by atoms with van der Waals surface area (Å²) in [5.41, 5.74) is 6.51. The molecule has 0 bridgehead atoms. The van der Waals surface area contributed by atoms with Crippen LogP contribution in [0.2, 0.25) is 0 Å². The number of nitriles is 1. The van der Waals surface area contributed by atoms with Crippen molar-refractivity contribution >= 4 is 17.5 Å². The van der Waals surface area contributed by atoms with Crippen LogP contribution in [0.3, 0.4) is 0 Å². The van der Waals surface area contributed by atoms with Gasteiger partial charge in [-0.25, -0.2) is 9.78 Å². The predicted molar refractivity (Wildman–Crippen MR) is 136 cm³/mol. The van der Waals surface area contributed by atoms with Crippen LogP contribution in [-0.4, -0.2) is 48.2 Å². The first-order valence-electron chi connectivity index (χ1n) is 12.0. The lowest BCUT2D eigenvalue weighted by atomic mass is 9.93. The number of amides is 2. The minimum absolute atomic E-state index is 0.0397. The summed E-state index contributed by atoms with van der Waals surface area (Å²) in [5.74, 6) is 0.706. The number of anilines is 2. The van der Waals surface area contributed by atoms with Crippen LogP contribution in [0.25, 0.3) is 11.3 Å². The molecule has 3 heterocycles. The van der Waals surface area contributed by atoms with Gasteiger partial charge < -0.3 is 19.9 Å². The lowest BCUT2D eigenvalue weighted by Gasteiger charge is -2.41. The summed E-state index contributed by atoms with van der Waals surface area (Å²) in [7, 11) is 0. The molecule has 0 unspecified atom stereocenters. The number of urea groups is 1. The van der Waals surface area contributed by atoms with Gasteiger partial charge in [0.15, 0.2) is 0 Å². The summed E-state index contributed by atoms with van der Waals surface area (Å²) in [5, 5.41) is 13.1. The van der Waals surface area contributed by atoms with E-state index in [2.05, 4.69) is 16.3 Å². The molecule has 2 amide bonds. The molecule has 1 fully saturated rings. The second-order valence-corrected chi connectivity index (χ2v) is 9.18. The van der Waals surface area contributed by atoms with E-state index in [0.717, 1.165) is 33.6 Å². The van der Waals surface area contributed by atoms with E-state index in [-0.39, 0.29) is 12.1 Å². The largest absolute Gasteiger partial charge is 0.376 e. The Morgan fingerprint density at radius 3 is 2.60 bits per heavy atom. The van der Waals surface area contributed by atoms with E-state index in [9.17, 15) is 10.1 Å². The summed E-state index contributed by atoms with van der Waals surface area (Å²) in [6.45, 7) is 6.88. The monoisotopic (exact) mass is 467 g/mol. The zero-order valence-corrected chi connectivity index (χ0v) is 20.1. The Morgan fingerprint density at radius 1 is 1.11 bits per heavy atom. The highest BCUT2D eigenvalue weighted by Crippen LogP contribution is 2.35. The molecule has 2 aromatic carbocycles. The number of pyridine rings is 1. The average Bonchev–Trinajstić information content (AvgIpc) is 2.89. The van der Waals surface area contributed by atoms with Crippen molar-refractivity contribution in [3.63, 3.8) is 0 Å². The van der Waals surface area contributed by atoms with Crippen molar-refractivity contribution in [2.24, 2.45) is 0 Å². The molecule has 1 atom stereocenters. The number of carbonyl (C=O) groups is 1. The first-order chi connectivity index (χ1) is 17.0. The van der Waals surface area contributed by atoms with Gasteiger partial charge in [0, 0.05) is 42.5 Å². The first-order valence-corrected chi connectivity index (χ1v) is 12.0. The second kappa shape index (κ2) is 9.77. The molecule has 3 aromatic rings. The van der Waals surface area contributed by atoms with E-state index in [4.69, 9.17) is 9.72 Å². The minimum atomic E-state index is -0.109. The van der Waals surface area contributed by atoms with E-state index in [0.29, 0.717) is 50.7 Å². The zero-order chi connectivity index (χ0) is 24.4. The fourth-order valence-corrected chi connectivity index (χ4v) is 4.90. The van der Waals surface area contributed by atoms with Crippen molar-refractivity contribution < 1.29 is 9.53 Å². The van der Waals surface area contributed by atoms with Crippen molar-refractivity contribution in [1.29, 1.82) is 5.26 Å². The highest BCUT2D eigenvalue weighted by molar-refractivity contribution is 5.89. The third-order valence-electron chi connectivity index (χ3n) is 6.79. The number of aryl methyl sites for hydroxylation is 1. The zero-order valence-electron chi connectivity index (χ0n) is 20.1. The Kier molecular flexibility index (Phi) is 6.39. The maximum Gasteiger partial charge on any atom is 0.322 e. The van der Waals surface area contributed by atoms with Crippen LogP contribution >= 0.6 is 0 Å². The Labute approximate surface area is 206 Å². The van der Waals surface area contributed by atoms with Gasteiger partial charge in [0.2, 0.25) is 0 Å². The molecule has 1 N–H and O–H groups in total. The number of piperazine rings is 1. The summed E-state index contributed by atoms with van der Waals surface area (Å²) in [4.78, 5) is 22.0. The molecule has 7 nitrogen and oxygen atoms in total. The first kappa shape index (κ1) is 22.9. The fraction of sp³-hybridized carbons (Fsp3) is 0.321. The Hall–Kier alpha value is -3.89. The summed E-state index contributed by atoms with van der Waals surface area (Å²) < 4.78 is 5.74. The van der Waals surface area contributed by atoms with E-state index in [1.807, 2.05) is 73.3 Å². The maximum absolute atomic E-state index is 13.0. The number of nitrogens with zero attached hydrogens (tertiary/aromatic N) is 4. The van der Waals surface area contributed by atoms with Gasteiger partial charge >= 0.3 is 6.03 Å². The third-order valence-corrected chi connectivity index (χ3v) is 6.79. The number of nitrogens with one attached hydrogen (secondary N) is 1. The second-order valence-electron chi connectivity index (χ2n) is 9.18. The molecule has 0 radical (unpaired) electrons. The quantitative estimate of drug-likeness (QED) is 0.602. The van der Waals surface area contributed by atoms with E-state index in [1.54, 1.807) is 0 Å². The fourth-order valence-electron chi connectivity index (χ4n) is 4.90. The summed E-state index contributed by atoms with van der Waals surface area (Å²) >= 11 is 0. The normalized spacial score (nSPS) is 17.5. The van der Waals surface area contributed by atoms with Crippen LogP contribution in [0.4, 0.5) is 16.3 Å². The number of rotatable bonds is 3. The number of ether oxygens (including phenoxy) is 1. The van der Waals surface area contributed by atoms with Crippen LogP contribution in [0.5, 0.6) is 0 Å². The number of hydrogen-bond acceptors (Lipinski definition) is 5. The van der Waals surface area contributed by atoms with Crippen molar-refractivity contribution in [2.45, 2.75) is 32.9 Å². The van der Waals surface area contributed by atoms with Crippen molar-refractivity contribution in [3.05, 3.63) is 76.9 Å². The van der Waals surface area contributed by atoms with Crippen LogP contribution in [0.1, 0.15) is 29.2 Å². The SMILES string of the molecule is Cc1ccc(NC(=O)N2CCN(c3nc(-c4ccccc4)c4c(c3C#N)CCOC4)C[C@H]2C)cc1. The van der Waals surface area contributed by atoms with Crippen molar-refractivity contribution in [3.8, 4) is 17.3 Å². The summed E-state index contributed by atoms with van der Waals surface area (Å²) in [6.07, 6.45) is 0.696. The Balaban J connectivity index is 1.42. The van der Waals surface area contributed by atoms with Gasteiger partial charge in [-0.15, -0.1) is 0 Å². The molecule has 2 aliphatic rings.